The largest absolute Gasteiger partial charge is 0.485 e. The Bertz CT molecular complexity index is 3010. The third kappa shape index (κ3) is 4.11. The number of fused-ring (bicyclic) bond motifs is 11. The average molecular weight is 679 g/mol. The lowest BCUT2D eigenvalue weighted by atomic mass is 9.90. The van der Waals surface area contributed by atoms with E-state index in [1.165, 1.54) is 82.6 Å². The van der Waals surface area contributed by atoms with E-state index >= 15 is 0 Å². The molecule has 53 heavy (non-hydrogen) atoms. The number of benzene rings is 7. The molecule has 250 valence electrons. The normalized spacial score (nSPS) is 17.9. The van der Waals surface area contributed by atoms with E-state index in [1.54, 1.807) is 0 Å². The summed E-state index contributed by atoms with van der Waals surface area (Å²) in [4.78, 5) is 2.48. The fraction of sp³-hybridized carbons (Fsp3) is 0.0800. The molecule has 0 spiro atoms. The van der Waals surface area contributed by atoms with Crippen molar-refractivity contribution in [3.63, 3.8) is 0 Å². The first-order chi connectivity index (χ1) is 26.3. The molecule has 3 nitrogen and oxygen atoms in total. The molecule has 1 aliphatic heterocycles. The number of nitrogens with zero attached hydrogens (tertiary/aromatic N) is 2. The van der Waals surface area contributed by atoms with Crippen LogP contribution in [0.1, 0.15) is 24.3 Å². The highest BCUT2D eigenvalue weighted by Gasteiger charge is 2.36. The van der Waals surface area contributed by atoms with Gasteiger partial charge < -0.3 is 14.2 Å². The topological polar surface area (TPSA) is 17.4 Å². The Kier molecular flexibility index (Phi) is 6.01. The lowest BCUT2D eigenvalue weighted by Gasteiger charge is -2.31. The van der Waals surface area contributed by atoms with E-state index in [1.807, 2.05) is 0 Å². The van der Waals surface area contributed by atoms with Crippen molar-refractivity contribution in [2.45, 2.75) is 24.9 Å². The summed E-state index contributed by atoms with van der Waals surface area (Å²) in [6.07, 6.45) is 16.0. The predicted molar refractivity (Wildman–Crippen MR) is 221 cm³/mol. The standard InChI is InChI=1S/C50H34N2O/c1-2-14-33(15-3-1)52-43-21-8-6-17-37(43)42-29-34(25-27-44(42)52)51(35-24-26-39-38-18-7-9-23-46(38)53-47(39)30-35)45-22-11-20-41-49(45)40-19-10-13-32-28-31-12-4-5-16-36(31)50(41)48(32)40/h2,4-30,39,47H,1,3H2. The quantitative estimate of drug-likeness (QED) is 0.172. The van der Waals surface area contributed by atoms with Crippen LogP contribution in [0.4, 0.5) is 11.4 Å². The van der Waals surface area contributed by atoms with Gasteiger partial charge in [0.05, 0.1) is 16.7 Å². The van der Waals surface area contributed by atoms with Crippen molar-refractivity contribution in [3.8, 4) is 28.0 Å². The highest BCUT2D eigenvalue weighted by molar-refractivity contribution is 6.25. The van der Waals surface area contributed by atoms with Crippen LogP contribution in [0.2, 0.25) is 0 Å². The number of rotatable bonds is 4. The number of allylic oxidation sites excluding steroid dienone is 5. The Balaban J connectivity index is 1.11. The van der Waals surface area contributed by atoms with Crippen molar-refractivity contribution >= 4 is 60.4 Å². The molecule has 0 bridgehead atoms. The summed E-state index contributed by atoms with van der Waals surface area (Å²) in [7, 11) is 0. The SMILES string of the molecule is C1=CC(n2c3ccccc3c3cc(N(C4=CC5Oc6ccccc6C5C=C4)c4cccc5c4-c4cccc6cc7ccccc7c-5c46)ccc32)=CCC1. The van der Waals surface area contributed by atoms with Crippen molar-refractivity contribution in [2.24, 2.45) is 0 Å². The van der Waals surface area contributed by atoms with Gasteiger partial charge in [-0.05, 0) is 112 Å². The van der Waals surface area contributed by atoms with E-state index in [4.69, 9.17) is 4.74 Å². The van der Waals surface area contributed by atoms with Gasteiger partial charge in [-0.2, -0.15) is 0 Å². The molecule has 7 aromatic carbocycles. The Morgan fingerprint density at radius 1 is 0.623 bits per heavy atom. The molecule has 0 saturated heterocycles. The van der Waals surface area contributed by atoms with Crippen molar-refractivity contribution in [1.82, 2.24) is 4.57 Å². The summed E-state index contributed by atoms with van der Waals surface area (Å²) >= 11 is 0. The third-order valence-corrected chi connectivity index (χ3v) is 11.8. The summed E-state index contributed by atoms with van der Waals surface area (Å²) in [5, 5.41) is 7.69. The molecular formula is C50H34N2O. The summed E-state index contributed by atoms with van der Waals surface area (Å²) in [5.41, 5.74) is 13.5. The number of aromatic nitrogens is 1. The second kappa shape index (κ2) is 11.0. The van der Waals surface area contributed by atoms with Gasteiger partial charge in [-0.15, -0.1) is 0 Å². The molecule has 8 aromatic rings. The maximum atomic E-state index is 6.63. The zero-order valence-corrected chi connectivity index (χ0v) is 29.0. The van der Waals surface area contributed by atoms with E-state index in [0.717, 1.165) is 30.0 Å². The van der Waals surface area contributed by atoms with E-state index in [9.17, 15) is 0 Å². The number of anilines is 2. The molecule has 0 N–H and O–H groups in total. The predicted octanol–water partition coefficient (Wildman–Crippen LogP) is 13.1. The van der Waals surface area contributed by atoms with Crippen LogP contribution >= 0.6 is 0 Å². The molecule has 0 saturated carbocycles. The van der Waals surface area contributed by atoms with Crippen molar-refractivity contribution in [3.05, 3.63) is 181 Å². The average Bonchev–Trinajstić information content (AvgIpc) is 3.87. The van der Waals surface area contributed by atoms with Gasteiger partial charge in [0.1, 0.15) is 11.9 Å². The maximum absolute atomic E-state index is 6.63. The van der Waals surface area contributed by atoms with Crippen LogP contribution in [0, 0.1) is 0 Å². The fourth-order valence-corrected chi connectivity index (χ4v) is 9.59. The van der Waals surface area contributed by atoms with Gasteiger partial charge in [0.15, 0.2) is 0 Å². The molecule has 0 radical (unpaired) electrons. The van der Waals surface area contributed by atoms with E-state index in [2.05, 4.69) is 179 Å². The maximum Gasteiger partial charge on any atom is 0.130 e. The minimum Gasteiger partial charge on any atom is -0.485 e. The summed E-state index contributed by atoms with van der Waals surface area (Å²) in [5.74, 6) is 1.17. The van der Waals surface area contributed by atoms with Crippen molar-refractivity contribution in [2.75, 3.05) is 4.90 Å². The minimum absolute atomic E-state index is 0.0769. The zero-order chi connectivity index (χ0) is 34.6. The van der Waals surface area contributed by atoms with Crippen LogP contribution < -0.4 is 9.64 Å². The highest BCUT2D eigenvalue weighted by atomic mass is 16.5. The van der Waals surface area contributed by atoms with Gasteiger partial charge >= 0.3 is 0 Å². The van der Waals surface area contributed by atoms with Crippen molar-refractivity contribution in [1.29, 1.82) is 0 Å². The van der Waals surface area contributed by atoms with Crippen molar-refractivity contribution < 1.29 is 4.74 Å². The van der Waals surface area contributed by atoms with Crippen LogP contribution in [-0.4, -0.2) is 10.7 Å². The summed E-state index contributed by atoms with van der Waals surface area (Å²) < 4.78 is 9.06. The lowest BCUT2D eigenvalue weighted by Crippen LogP contribution is -2.24. The molecule has 3 heteroatoms. The van der Waals surface area contributed by atoms with Gasteiger partial charge in [0, 0.05) is 44.9 Å². The van der Waals surface area contributed by atoms with Crippen LogP contribution in [0.5, 0.6) is 5.75 Å². The summed E-state index contributed by atoms with van der Waals surface area (Å²) in [6.45, 7) is 0. The molecule has 4 aliphatic rings. The molecule has 0 amide bonds. The first kappa shape index (κ1) is 29.0. The number of hydrogen-bond acceptors (Lipinski definition) is 2. The third-order valence-electron chi connectivity index (χ3n) is 11.8. The van der Waals surface area contributed by atoms with Gasteiger partial charge in [-0.1, -0.05) is 109 Å². The Morgan fingerprint density at radius 2 is 1.43 bits per heavy atom. The Hall–Kier alpha value is -6.58. The van der Waals surface area contributed by atoms with Gasteiger partial charge in [0.2, 0.25) is 0 Å². The van der Waals surface area contributed by atoms with Gasteiger partial charge in [0.25, 0.3) is 0 Å². The monoisotopic (exact) mass is 678 g/mol. The van der Waals surface area contributed by atoms with E-state index in [0.29, 0.717) is 0 Å². The molecular weight excluding hydrogens is 645 g/mol. The molecule has 2 heterocycles. The second-order valence-corrected chi connectivity index (χ2v) is 14.7. The Labute approximate surface area is 307 Å². The lowest BCUT2D eigenvalue weighted by molar-refractivity contribution is 0.267. The Morgan fingerprint density at radius 3 is 2.38 bits per heavy atom. The molecule has 1 aromatic heterocycles. The fourth-order valence-electron chi connectivity index (χ4n) is 9.59. The van der Waals surface area contributed by atoms with Gasteiger partial charge in [-0.25, -0.2) is 0 Å². The first-order valence-corrected chi connectivity index (χ1v) is 18.7. The van der Waals surface area contributed by atoms with E-state index in [-0.39, 0.29) is 12.0 Å². The van der Waals surface area contributed by atoms with Crippen LogP contribution in [0.3, 0.4) is 0 Å². The van der Waals surface area contributed by atoms with Crippen LogP contribution in [-0.2, 0) is 0 Å². The van der Waals surface area contributed by atoms with Crippen LogP contribution in [0.15, 0.2) is 176 Å². The number of ether oxygens (including phenoxy) is 1. The van der Waals surface area contributed by atoms with E-state index < -0.39 is 0 Å². The van der Waals surface area contributed by atoms with Gasteiger partial charge in [-0.3, -0.25) is 0 Å². The summed E-state index contributed by atoms with van der Waals surface area (Å²) in [6, 6.07) is 49.2. The molecule has 0 fully saturated rings. The molecule has 2 unspecified atom stereocenters. The number of para-hydroxylation sites is 2. The molecule has 2 atom stereocenters. The first-order valence-electron chi connectivity index (χ1n) is 18.7. The molecule has 12 rings (SSSR count). The highest BCUT2D eigenvalue weighted by Crippen LogP contribution is 2.55. The number of hydrogen-bond donors (Lipinski definition) is 0. The minimum atomic E-state index is -0.0769. The second-order valence-electron chi connectivity index (χ2n) is 14.7. The zero-order valence-electron chi connectivity index (χ0n) is 29.0. The molecule has 3 aliphatic carbocycles. The van der Waals surface area contributed by atoms with Crippen LogP contribution in [0.25, 0.3) is 71.3 Å². The smallest absolute Gasteiger partial charge is 0.130 e.